The van der Waals surface area contributed by atoms with Crippen molar-refractivity contribution in [1.29, 1.82) is 0 Å². The van der Waals surface area contributed by atoms with Crippen molar-refractivity contribution < 1.29 is 37.2 Å². The largest absolute Gasteiger partial charge is 0.510 e. The minimum Gasteiger partial charge on any atom is -0.510 e. The van der Waals surface area contributed by atoms with Crippen LogP contribution in [0, 0.1) is 23.9 Å². The van der Waals surface area contributed by atoms with E-state index in [1.165, 1.54) is 11.1 Å². The Labute approximate surface area is 483 Å². The van der Waals surface area contributed by atoms with Gasteiger partial charge in [0.25, 0.3) is 6.33 Å². The summed E-state index contributed by atoms with van der Waals surface area (Å²) in [7, 11) is 0. The van der Waals surface area contributed by atoms with Crippen LogP contribution in [0.4, 0.5) is 0 Å². The van der Waals surface area contributed by atoms with Gasteiger partial charge in [-0.15, -0.1) is 29.7 Å². The molecule has 0 saturated carbocycles. The number of benzene rings is 8. The number of hydrogen-bond acceptors (Lipinski definition) is 2. The molecule has 0 amide bonds. The Hall–Kier alpha value is -7.33. The van der Waals surface area contributed by atoms with Crippen molar-refractivity contribution in [3.8, 4) is 62.1 Å². The molecule has 11 rings (SSSR count). The van der Waals surface area contributed by atoms with Gasteiger partial charge in [0, 0.05) is 49.8 Å². The van der Waals surface area contributed by atoms with Crippen molar-refractivity contribution in [3.05, 3.63) is 223 Å². The Morgan fingerprint density at radius 1 is 0.551 bits per heavy atom. The van der Waals surface area contributed by atoms with Gasteiger partial charge in [-0.05, 0) is 101 Å². The number of nitrogens with zero attached hydrogens (tertiary/aromatic N) is 4. The van der Waals surface area contributed by atoms with Gasteiger partial charge in [0.05, 0.1) is 23.6 Å². The number of pyridine rings is 1. The summed E-state index contributed by atoms with van der Waals surface area (Å²) in [5.41, 5.74) is 13.7. The third-order valence-electron chi connectivity index (χ3n) is 15.3. The number of imidazole rings is 1. The molecule has 6 heteroatoms. The number of para-hydroxylation sites is 4. The van der Waals surface area contributed by atoms with E-state index in [0.717, 1.165) is 72.0 Å². The molecule has 1 unspecified atom stereocenters. The van der Waals surface area contributed by atoms with Crippen molar-refractivity contribution in [2.45, 2.75) is 112 Å². The van der Waals surface area contributed by atoms with Gasteiger partial charge in [0.2, 0.25) is 0 Å². The maximum Gasteiger partial charge on any atom is 0.268 e. The zero-order chi connectivity index (χ0) is 58.5. The van der Waals surface area contributed by atoms with Gasteiger partial charge in [-0.3, -0.25) is 4.57 Å². The van der Waals surface area contributed by atoms with Crippen molar-refractivity contribution >= 4 is 32.8 Å². The summed E-state index contributed by atoms with van der Waals surface area (Å²) < 4.78 is 57.5. The molecule has 1 atom stereocenters. The summed E-state index contributed by atoms with van der Waals surface area (Å²) in [5.74, 6) is 1.96. The molecule has 11 aromatic rings. The van der Waals surface area contributed by atoms with Gasteiger partial charge in [0.15, 0.2) is 0 Å². The minimum absolute atomic E-state index is 0. The summed E-state index contributed by atoms with van der Waals surface area (Å²) in [6, 6.07) is 55.3. The van der Waals surface area contributed by atoms with E-state index < -0.39 is 18.1 Å². The first-order valence-electron chi connectivity index (χ1n) is 29.3. The SMILES string of the molecule is [2H]c1c([2H])c([2H])c(-c2cccc(-c3cc(C(C)(C)C)cc(C(C)(C)C)c3)c2-[n+]2[c-]n(-c3[c-]c(Oc4[c-]c5c(cc4)c4ccccc4n5-c4cc(C(C)C(C)(C)C)c(-c5ccc(C(C)(C)C)cc5)cn4)ccc3)c3ccccc32)c([2H])c1[2H].[Pt]. The number of ether oxygens (including phenoxy) is 1. The summed E-state index contributed by atoms with van der Waals surface area (Å²) in [5, 5.41) is 2.11. The second-order valence-electron chi connectivity index (χ2n) is 24.7. The Morgan fingerprint density at radius 3 is 1.83 bits per heavy atom. The van der Waals surface area contributed by atoms with Crippen molar-refractivity contribution in [2.24, 2.45) is 5.41 Å². The smallest absolute Gasteiger partial charge is 0.268 e. The number of aromatic nitrogens is 4. The summed E-state index contributed by atoms with van der Waals surface area (Å²) in [6.07, 6.45) is 5.72. The van der Waals surface area contributed by atoms with Crippen LogP contribution in [0.2, 0.25) is 0 Å². The first kappa shape index (κ1) is 47.8. The van der Waals surface area contributed by atoms with Gasteiger partial charge in [-0.1, -0.05) is 229 Å². The van der Waals surface area contributed by atoms with Crippen molar-refractivity contribution in [1.82, 2.24) is 14.1 Å². The molecule has 5 nitrogen and oxygen atoms in total. The molecule has 0 fully saturated rings. The van der Waals surface area contributed by atoms with E-state index in [4.69, 9.17) is 13.8 Å². The summed E-state index contributed by atoms with van der Waals surface area (Å²) in [6.45, 7) is 29.2. The van der Waals surface area contributed by atoms with Crippen LogP contribution in [0.25, 0.3) is 83.4 Å². The maximum absolute atomic E-state index is 9.26. The number of fused-ring (bicyclic) bond motifs is 4. The topological polar surface area (TPSA) is 35.9 Å². The molecule has 78 heavy (non-hydrogen) atoms. The Balaban J connectivity index is 0.00000769. The van der Waals surface area contributed by atoms with Gasteiger partial charge >= 0.3 is 0 Å². The molecule has 0 radical (unpaired) electrons. The molecule has 0 saturated heterocycles. The maximum atomic E-state index is 9.26. The van der Waals surface area contributed by atoms with Crippen LogP contribution >= 0.6 is 0 Å². The molecule has 8 aromatic carbocycles. The van der Waals surface area contributed by atoms with Crippen LogP contribution < -0.4 is 9.30 Å². The van der Waals surface area contributed by atoms with E-state index in [1.807, 2.05) is 82.1 Å². The van der Waals surface area contributed by atoms with E-state index in [9.17, 15) is 2.74 Å². The molecular weight excluding hydrogens is 1130 g/mol. The predicted octanol–water partition coefficient (Wildman–Crippen LogP) is 18.6. The molecule has 0 aliphatic rings. The van der Waals surface area contributed by atoms with E-state index in [-0.39, 0.29) is 66.3 Å². The van der Waals surface area contributed by atoms with Gasteiger partial charge in [0.1, 0.15) is 5.82 Å². The molecule has 3 heterocycles. The quantitative estimate of drug-likeness (QED) is 0.107. The first-order valence-corrected chi connectivity index (χ1v) is 26.8. The fourth-order valence-electron chi connectivity index (χ4n) is 10.4. The standard InChI is InChI=1S/C72H70N4O.Pt/c1-47(69(2,3)4)61-44-67(73-45-62(61)49-33-35-51(36-34-49)70(5,6)7)76-63-30-18-17-27-59(63)60-38-37-56(43-66(60)76)77-55-26-21-25-54(42-55)74-46-75(65-32-20-19-31-64(65)74)68-57(48-23-15-14-16-24-48)28-22-29-58(68)50-39-52(71(8,9)10)41-53(40-50)72(11,12)13;/h14-41,44-45,47H,1-13H3;/q-2;/i14D,15D,16D,23D,24D;. The van der Waals surface area contributed by atoms with Crippen LogP contribution in [0.15, 0.2) is 182 Å². The average Bonchev–Trinajstić information content (AvgIpc) is 2.38. The second-order valence-corrected chi connectivity index (χ2v) is 24.7. The Kier molecular flexibility index (Phi) is 12.6. The molecule has 396 valence electrons. The molecule has 0 bridgehead atoms. The molecule has 0 aliphatic heterocycles. The molecular formula is C72H70N4OPt-2. The Morgan fingerprint density at radius 2 is 1.17 bits per heavy atom. The normalized spacial score (nSPS) is 13.7. The van der Waals surface area contributed by atoms with Crippen LogP contribution in [-0.4, -0.2) is 14.1 Å². The molecule has 0 aliphatic carbocycles. The Bertz CT molecular complexity index is 4260. The second kappa shape index (κ2) is 20.5. The first-order chi connectivity index (χ1) is 38.7. The molecule has 3 aromatic heterocycles. The van der Waals surface area contributed by atoms with Crippen LogP contribution in [0.1, 0.15) is 125 Å². The third-order valence-corrected chi connectivity index (χ3v) is 15.3. The predicted molar refractivity (Wildman–Crippen MR) is 320 cm³/mol. The van der Waals surface area contributed by atoms with Gasteiger partial charge in [-0.25, -0.2) is 4.98 Å². The zero-order valence-corrected chi connectivity index (χ0v) is 49.3. The average molecular weight is 1210 g/mol. The summed E-state index contributed by atoms with van der Waals surface area (Å²) in [4.78, 5) is 5.24. The zero-order valence-electron chi connectivity index (χ0n) is 52.0. The fraction of sp³-hybridized carbons (Fsp3) is 0.250. The van der Waals surface area contributed by atoms with E-state index >= 15 is 0 Å². The molecule has 0 N–H and O–H groups in total. The fourth-order valence-corrected chi connectivity index (χ4v) is 10.4. The van der Waals surface area contributed by atoms with Crippen LogP contribution in [-0.2, 0) is 37.3 Å². The van der Waals surface area contributed by atoms with E-state index in [2.05, 4.69) is 192 Å². The number of rotatable bonds is 9. The van der Waals surface area contributed by atoms with Crippen LogP contribution in [0.3, 0.4) is 0 Å². The molecule has 0 spiro atoms. The van der Waals surface area contributed by atoms with Gasteiger partial charge < -0.3 is 13.9 Å². The summed E-state index contributed by atoms with van der Waals surface area (Å²) >= 11 is 0. The minimum atomic E-state index is -0.446. The van der Waals surface area contributed by atoms with Crippen LogP contribution in [0.5, 0.6) is 11.5 Å². The van der Waals surface area contributed by atoms with Crippen molar-refractivity contribution in [2.75, 3.05) is 0 Å². The monoisotopic (exact) mass is 1210 g/mol. The van der Waals surface area contributed by atoms with Crippen molar-refractivity contribution in [3.63, 3.8) is 0 Å². The van der Waals surface area contributed by atoms with E-state index in [1.54, 1.807) is 0 Å². The van der Waals surface area contributed by atoms with Gasteiger partial charge in [-0.2, -0.15) is 18.2 Å². The number of hydrogen-bond donors (Lipinski definition) is 0. The third kappa shape index (κ3) is 10.3. The van der Waals surface area contributed by atoms with E-state index in [0.29, 0.717) is 28.4 Å².